The zero-order chi connectivity index (χ0) is 11.7. The molecule has 0 atom stereocenters. The Hall–Kier alpha value is -1.49. The number of hydrogen-bond donors (Lipinski definition) is 1. The first kappa shape index (κ1) is 11.0. The number of fused-ring (bicyclic) bond motifs is 1. The summed E-state index contributed by atoms with van der Waals surface area (Å²) in [7, 11) is 1.61. The molecule has 0 amide bonds. The maximum Gasteiger partial charge on any atom is 0.419 e. The number of thiol groups is 1. The Labute approximate surface area is 97.3 Å². The molecule has 0 saturated carbocycles. The van der Waals surface area contributed by atoms with E-state index in [4.69, 9.17) is 4.42 Å². The van der Waals surface area contributed by atoms with E-state index in [9.17, 15) is 9.59 Å². The average molecular weight is 237 g/mol. The quantitative estimate of drug-likeness (QED) is 0.652. The molecule has 0 aliphatic carbocycles. The molecule has 0 bridgehead atoms. The molecule has 0 aliphatic heterocycles. The summed E-state index contributed by atoms with van der Waals surface area (Å²) >= 11 is 4.01. The van der Waals surface area contributed by atoms with E-state index in [1.807, 2.05) is 0 Å². The Morgan fingerprint density at radius 1 is 1.50 bits per heavy atom. The Morgan fingerprint density at radius 3 is 2.94 bits per heavy atom. The summed E-state index contributed by atoms with van der Waals surface area (Å²) in [4.78, 5) is 22.9. The summed E-state index contributed by atoms with van der Waals surface area (Å²) in [5, 5.41) is 0. The molecule has 0 radical (unpaired) electrons. The lowest BCUT2D eigenvalue weighted by atomic mass is 10.1. The van der Waals surface area contributed by atoms with Crippen LogP contribution in [0.5, 0.6) is 0 Å². The summed E-state index contributed by atoms with van der Waals surface area (Å²) < 4.78 is 6.36. The molecular weight excluding hydrogens is 226 g/mol. The minimum atomic E-state index is -0.422. The SMILES string of the molecule is Cn1c(=O)oc2ccc(C(=O)CCS)cc21. The van der Waals surface area contributed by atoms with E-state index in [2.05, 4.69) is 12.6 Å². The van der Waals surface area contributed by atoms with Crippen molar-refractivity contribution in [1.29, 1.82) is 0 Å². The van der Waals surface area contributed by atoms with Gasteiger partial charge in [0.15, 0.2) is 11.4 Å². The maximum atomic E-state index is 11.6. The highest BCUT2D eigenvalue weighted by atomic mass is 32.1. The summed E-state index contributed by atoms with van der Waals surface area (Å²) in [5.41, 5.74) is 1.71. The van der Waals surface area contributed by atoms with E-state index in [1.165, 1.54) is 4.57 Å². The first-order valence-corrected chi connectivity index (χ1v) is 5.50. The highest BCUT2D eigenvalue weighted by Gasteiger charge is 2.10. The third-order valence-electron chi connectivity index (χ3n) is 2.45. The molecule has 1 aromatic heterocycles. The highest BCUT2D eigenvalue weighted by molar-refractivity contribution is 7.80. The molecule has 0 fully saturated rings. The predicted octanol–water partition coefficient (Wildman–Crippen LogP) is 1.63. The smallest absolute Gasteiger partial charge is 0.408 e. The zero-order valence-electron chi connectivity index (χ0n) is 8.77. The van der Waals surface area contributed by atoms with Gasteiger partial charge in [0.05, 0.1) is 5.52 Å². The number of aromatic nitrogens is 1. The first-order valence-electron chi connectivity index (χ1n) is 4.87. The molecule has 84 valence electrons. The van der Waals surface area contributed by atoms with Crippen LogP contribution >= 0.6 is 12.6 Å². The molecule has 1 heterocycles. The number of aryl methyl sites for hydroxylation is 1. The van der Waals surface area contributed by atoms with Crippen LogP contribution in [-0.2, 0) is 7.05 Å². The van der Waals surface area contributed by atoms with E-state index in [1.54, 1.807) is 25.2 Å². The van der Waals surface area contributed by atoms with E-state index in [0.717, 1.165) is 0 Å². The van der Waals surface area contributed by atoms with Crippen molar-refractivity contribution in [3.63, 3.8) is 0 Å². The minimum Gasteiger partial charge on any atom is -0.408 e. The zero-order valence-corrected chi connectivity index (χ0v) is 9.66. The summed E-state index contributed by atoms with van der Waals surface area (Å²) in [6, 6.07) is 4.98. The molecule has 4 nitrogen and oxygen atoms in total. The Balaban J connectivity index is 2.55. The Bertz CT molecular complexity index is 597. The normalized spacial score (nSPS) is 10.9. The molecular formula is C11H11NO3S. The summed E-state index contributed by atoms with van der Waals surface area (Å²) in [6.45, 7) is 0. The second-order valence-electron chi connectivity index (χ2n) is 3.51. The van der Waals surface area contributed by atoms with E-state index in [-0.39, 0.29) is 5.78 Å². The number of carbonyl (C=O) groups excluding carboxylic acids is 1. The van der Waals surface area contributed by atoms with Gasteiger partial charge in [-0.1, -0.05) is 0 Å². The molecule has 1 aromatic carbocycles. The van der Waals surface area contributed by atoms with Crippen LogP contribution in [0, 0.1) is 0 Å². The summed E-state index contributed by atoms with van der Waals surface area (Å²) in [6.07, 6.45) is 0.389. The monoisotopic (exact) mass is 237 g/mol. The number of Topliss-reactive ketones (excluding diaryl/α,β-unsaturated/α-hetero) is 1. The topological polar surface area (TPSA) is 52.2 Å². The van der Waals surface area contributed by atoms with Gasteiger partial charge >= 0.3 is 5.76 Å². The molecule has 16 heavy (non-hydrogen) atoms. The van der Waals surface area contributed by atoms with Crippen molar-refractivity contribution in [2.75, 3.05) is 5.75 Å². The second-order valence-corrected chi connectivity index (χ2v) is 3.95. The van der Waals surface area contributed by atoms with Gasteiger partial charge in [0.1, 0.15) is 0 Å². The maximum absolute atomic E-state index is 11.6. The van der Waals surface area contributed by atoms with Crippen molar-refractivity contribution < 1.29 is 9.21 Å². The van der Waals surface area contributed by atoms with Crippen molar-refractivity contribution in [3.05, 3.63) is 34.3 Å². The summed E-state index contributed by atoms with van der Waals surface area (Å²) in [5.74, 6) is 0.112. The molecule has 0 N–H and O–H groups in total. The first-order chi connectivity index (χ1) is 7.63. The van der Waals surface area contributed by atoms with Gasteiger partial charge in [0, 0.05) is 19.0 Å². The second kappa shape index (κ2) is 4.17. The largest absolute Gasteiger partial charge is 0.419 e. The number of benzene rings is 1. The molecule has 0 aliphatic rings. The van der Waals surface area contributed by atoms with Gasteiger partial charge in [0.2, 0.25) is 0 Å². The fourth-order valence-electron chi connectivity index (χ4n) is 1.55. The van der Waals surface area contributed by atoms with Crippen molar-refractivity contribution >= 4 is 29.5 Å². The highest BCUT2D eigenvalue weighted by Crippen LogP contribution is 2.15. The van der Waals surface area contributed by atoms with Gasteiger partial charge in [-0.15, -0.1) is 0 Å². The molecule has 0 unspecified atom stereocenters. The van der Waals surface area contributed by atoms with E-state index in [0.29, 0.717) is 28.8 Å². The van der Waals surface area contributed by atoms with Crippen LogP contribution in [-0.4, -0.2) is 16.1 Å². The lowest BCUT2D eigenvalue weighted by molar-refractivity contribution is 0.0990. The van der Waals surface area contributed by atoms with Gasteiger partial charge in [0.25, 0.3) is 0 Å². The third-order valence-corrected chi connectivity index (χ3v) is 2.68. The number of nitrogens with zero attached hydrogens (tertiary/aromatic N) is 1. The van der Waals surface area contributed by atoms with Crippen LogP contribution in [0.4, 0.5) is 0 Å². The molecule has 2 rings (SSSR count). The number of oxazole rings is 1. The van der Waals surface area contributed by atoms with E-state index < -0.39 is 5.76 Å². The number of carbonyl (C=O) groups is 1. The van der Waals surface area contributed by atoms with Gasteiger partial charge in [-0.3, -0.25) is 9.36 Å². The minimum absolute atomic E-state index is 0.0190. The lowest BCUT2D eigenvalue weighted by Gasteiger charge is -1.99. The van der Waals surface area contributed by atoms with Crippen LogP contribution in [0.3, 0.4) is 0 Å². The number of hydrogen-bond acceptors (Lipinski definition) is 4. The fourth-order valence-corrected chi connectivity index (χ4v) is 1.75. The lowest BCUT2D eigenvalue weighted by Crippen LogP contribution is -2.08. The Morgan fingerprint density at radius 2 is 2.25 bits per heavy atom. The van der Waals surface area contributed by atoms with Crippen LogP contribution in [0.2, 0.25) is 0 Å². The molecule has 5 heteroatoms. The van der Waals surface area contributed by atoms with Gasteiger partial charge in [-0.05, 0) is 24.0 Å². The van der Waals surface area contributed by atoms with Gasteiger partial charge < -0.3 is 4.42 Å². The average Bonchev–Trinajstić information content (AvgIpc) is 2.55. The molecule has 0 saturated heterocycles. The molecule has 2 aromatic rings. The van der Waals surface area contributed by atoms with Crippen molar-refractivity contribution in [1.82, 2.24) is 4.57 Å². The van der Waals surface area contributed by atoms with Crippen molar-refractivity contribution in [2.24, 2.45) is 7.05 Å². The van der Waals surface area contributed by atoms with Crippen LogP contribution < -0.4 is 5.76 Å². The standard InChI is InChI=1S/C11H11NO3S/c1-12-8-6-7(9(13)4-5-16)2-3-10(8)15-11(12)14/h2-3,6,16H,4-5H2,1H3. The number of ketones is 1. The predicted molar refractivity (Wildman–Crippen MR) is 64.3 cm³/mol. The molecule has 0 spiro atoms. The van der Waals surface area contributed by atoms with Crippen LogP contribution in [0.15, 0.2) is 27.4 Å². The van der Waals surface area contributed by atoms with Crippen molar-refractivity contribution in [3.8, 4) is 0 Å². The van der Waals surface area contributed by atoms with Crippen LogP contribution in [0.1, 0.15) is 16.8 Å². The number of rotatable bonds is 3. The third kappa shape index (κ3) is 1.78. The van der Waals surface area contributed by atoms with Crippen molar-refractivity contribution in [2.45, 2.75) is 6.42 Å². The Kier molecular flexibility index (Phi) is 2.87. The fraction of sp³-hybridized carbons (Fsp3) is 0.273. The van der Waals surface area contributed by atoms with E-state index >= 15 is 0 Å². The van der Waals surface area contributed by atoms with Gasteiger partial charge in [-0.2, -0.15) is 12.6 Å². The van der Waals surface area contributed by atoms with Gasteiger partial charge in [-0.25, -0.2) is 4.79 Å². The van der Waals surface area contributed by atoms with Crippen LogP contribution in [0.25, 0.3) is 11.1 Å².